The van der Waals surface area contributed by atoms with Gasteiger partial charge in [-0.05, 0) is 30.3 Å². The summed E-state index contributed by atoms with van der Waals surface area (Å²) in [6.07, 6.45) is 0. The van der Waals surface area contributed by atoms with Crippen LogP contribution in [0.4, 0.5) is 0 Å². The number of rotatable bonds is 5. The lowest BCUT2D eigenvalue weighted by Gasteiger charge is -2.16. The lowest BCUT2D eigenvalue weighted by molar-refractivity contribution is 0.0767. The molecule has 21 heavy (non-hydrogen) atoms. The van der Waals surface area contributed by atoms with Gasteiger partial charge in [-0.3, -0.25) is 4.79 Å². The summed E-state index contributed by atoms with van der Waals surface area (Å²) in [4.78, 5) is 13.6. The van der Waals surface area contributed by atoms with Gasteiger partial charge in [-0.15, -0.1) is 10.2 Å². The second kappa shape index (κ2) is 7.24. The van der Waals surface area contributed by atoms with Crippen molar-refractivity contribution in [3.63, 3.8) is 0 Å². The molecular weight excluding hydrogens is 313 g/mol. The van der Waals surface area contributed by atoms with Gasteiger partial charge in [-0.1, -0.05) is 29.3 Å². The van der Waals surface area contributed by atoms with Crippen LogP contribution in [0.15, 0.2) is 36.4 Å². The highest BCUT2D eigenvalue weighted by Gasteiger charge is 2.13. The number of likely N-dealkylation sites (N-methyl/N-ethyl adjacent to an activating group) is 1. The van der Waals surface area contributed by atoms with E-state index in [4.69, 9.17) is 27.9 Å². The number of amides is 1. The van der Waals surface area contributed by atoms with Gasteiger partial charge in [0.1, 0.15) is 12.4 Å². The van der Waals surface area contributed by atoms with Crippen molar-refractivity contribution < 1.29 is 9.53 Å². The van der Waals surface area contributed by atoms with Crippen molar-refractivity contribution in [1.29, 1.82) is 0 Å². The van der Waals surface area contributed by atoms with Crippen molar-refractivity contribution in [3.8, 4) is 5.75 Å². The van der Waals surface area contributed by atoms with E-state index in [1.165, 1.54) is 17.0 Å². The number of hydrogen-bond donors (Lipinski definition) is 0. The number of aromatic nitrogens is 2. The van der Waals surface area contributed by atoms with Crippen LogP contribution >= 0.6 is 23.2 Å². The highest BCUT2D eigenvalue weighted by Crippen LogP contribution is 2.16. The summed E-state index contributed by atoms with van der Waals surface area (Å²) >= 11 is 11.5. The minimum Gasteiger partial charge on any atom is -0.492 e. The summed E-state index contributed by atoms with van der Waals surface area (Å²) in [5.74, 6) is 0.420. The van der Waals surface area contributed by atoms with Gasteiger partial charge in [0.05, 0.1) is 6.54 Å². The first-order chi connectivity index (χ1) is 10.1. The molecule has 1 aromatic carbocycles. The van der Waals surface area contributed by atoms with Crippen molar-refractivity contribution >= 4 is 29.1 Å². The van der Waals surface area contributed by atoms with E-state index in [9.17, 15) is 4.79 Å². The summed E-state index contributed by atoms with van der Waals surface area (Å²) in [5.41, 5.74) is 0.240. The number of halogens is 2. The third-order valence-corrected chi connectivity index (χ3v) is 3.13. The smallest absolute Gasteiger partial charge is 0.274 e. The van der Waals surface area contributed by atoms with E-state index in [1.807, 2.05) is 0 Å². The Bertz CT molecular complexity index is 620. The Morgan fingerprint density at radius 1 is 1.24 bits per heavy atom. The Balaban J connectivity index is 1.85. The van der Waals surface area contributed by atoms with Gasteiger partial charge in [0.25, 0.3) is 5.91 Å². The lowest BCUT2D eigenvalue weighted by atomic mass is 10.3. The van der Waals surface area contributed by atoms with E-state index in [0.717, 1.165) is 0 Å². The topological polar surface area (TPSA) is 55.3 Å². The van der Waals surface area contributed by atoms with E-state index < -0.39 is 0 Å². The first kappa shape index (κ1) is 15.5. The Morgan fingerprint density at radius 2 is 2.05 bits per heavy atom. The first-order valence-corrected chi connectivity index (χ1v) is 6.95. The molecule has 0 unspecified atom stereocenters. The van der Waals surface area contributed by atoms with Crippen molar-refractivity contribution in [2.75, 3.05) is 20.2 Å². The molecule has 5 nitrogen and oxygen atoms in total. The van der Waals surface area contributed by atoms with Gasteiger partial charge >= 0.3 is 0 Å². The maximum absolute atomic E-state index is 12.1. The number of carbonyl (C=O) groups is 1. The van der Waals surface area contributed by atoms with Gasteiger partial charge in [0.15, 0.2) is 10.8 Å². The molecule has 2 rings (SSSR count). The molecule has 1 amide bonds. The van der Waals surface area contributed by atoms with Crippen LogP contribution in [0.25, 0.3) is 0 Å². The molecule has 0 aliphatic rings. The molecule has 110 valence electrons. The van der Waals surface area contributed by atoms with Crippen LogP contribution in [0.1, 0.15) is 10.5 Å². The monoisotopic (exact) mass is 325 g/mol. The lowest BCUT2D eigenvalue weighted by Crippen LogP contribution is -2.31. The average molecular weight is 326 g/mol. The molecule has 1 heterocycles. The van der Waals surface area contributed by atoms with E-state index in [0.29, 0.717) is 23.9 Å². The van der Waals surface area contributed by atoms with E-state index in [-0.39, 0.29) is 16.8 Å². The minimum absolute atomic E-state index is 0.240. The highest BCUT2D eigenvalue weighted by molar-refractivity contribution is 6.30. The van der Waals surface area contributed by atoms with Crippen LogP contribution in [0.2, 0.25) is 10.2 Å². The predicted molar refractivity (Wildman–Crippen MR) is 80.9 cm³/mol. The number of carbonyl (C=O) groups excluding carboxylic acids is 1. The third kappa shape index (κ3) is 4.58. The van der Waals surface area contributed by atoms with E-state index >= 15 is 0 Å². The Morgan fingerprint density at radius 3 is 2.71 bits per heavy atom. The zero-order valence-electron chi connectivity index (χ0n) is 11.3. The number of hydrogen-bond acceptors (Lipinski definition) is 4. The van der Waals surface area contributed by atoms with Gasteiger partial charge in [0, 0.05) is 12.1 Å². The predicted octanol–water partition coefficient (Wildman–Crippen LogP) is 2.93. The molecule has 0 fully saturated rings. The molecule has 0 bridgehead atoms. The van der Waals surface area contributed by atoms with Crippen LogP contribution in [-0.2, 0) is 0 Å². The van der Waals surface area contributed by atoms with Crippen molar-refractivity contribution in [1.82, 2.24) is 15.1 Å². The molecular formula is C14H13Cl2N3O2. The minimum atomic E-state index is -0.242. The molecule has 0 atom stereocenters. The van der Waals surface area contributed by atoms with Gasteiger partial charge in [-0.2, -0.15) is 0 Å². The molecule has 1 aromatic heterocycles. The quantitative estimate of drug-likeness (QED) is 0.848. The largest absolute Gasteiger partial charge is 0.492 e. The second-order valence-corrected chi connectivity index (χ2v) is 5.10. The summed E-state index contributed by atoms with van der Waals surface area (Å²) in [6, 6.07) is 10.1. The van der Waals surface area contributed by atoms with E-state index in [1.54, 1.807) is 31.3 Å². The van der Waals surface area contributed by atoms with Crippen molar-refractivity contribution in [2.24, 2.45) is 0 Å². The zero-order chi connectivity index (χ0) is 15.2. The van der Waals surface area contributed by atoms with Crippen LogP contribution in [-0.4, -0.2) is 41.2 Å². The third-order valence-electron chi connectivity index (χ3n) is 2.69. The molecule has 0 aliphatic heterocycles. The molecule has 0 N–H and O–H groups in total. The summed E-state index contributed by atoms with van der Waals surface area (Å²) < 4.78 is 5.53. The van der Waals surface area contributed by atoms with Crippen LogP contribution in [0, 0.1) is 0 Å². The summed E-state index contributed by atoms with van der Waals surface area (Å²) in [7, 11) is 1.67. The van der Waals surface area contributed by atoms with E-state index in [2.05, 4.69) is 10.2 Å². The molecule has 0 spiro atoms. The van der Waals surface area contributed by atoms with Gasteiger partial charge in [0.2, 0.25) is 0 Å². The van der Waals surface area contributed by atoms with Gasteiger partial charge in [-0.25, -0.2) is 0 Å². The maximum atomic E-state index is 12.1. The standard InChI is InChI=1S/C14H13Cl2N3O2/c1-19(14(20)12-5-6-13(16)18-17-12)7-8-21-11-4-2-3-10(15)9-11/h2-6,9H,7-8H2,1H3. The summed E-state index contributed by atoms with van der Waals surface area (Å²) in [5, 5.41) is 8.24. The molecule has 0 aliphatic carbocycles. The molecule has 0 saturated heterocycles. The highest BCUT2D eigenvalue weighted by atomic mass is 35.5. The summed E-state index contributed by atoms with van der Waals surface area (Å²) in [6.45, 7) is 0.763. The second-order valence-electron chi connectivity index (χ2n) is 4.27. The normalized spacial score (nSPS) is 10.2. The SMILES string of the molecule is CN(CCOc1cccc(Cl)c1)C(=O)c1ccc(Cl)nn1. The number of ether oxygens (including phenoxy) is 1. The van der Waals surface area contributed by atoms with Crippen molar-refractivity contribution in [2.45, 2.75) is 0 Å². The Hall–Kier alpha value is -1.85. The Kier molecular flexibility index (Phi) is 5.36. The fourth-order valence-electron chi connectivity index (χ4n) is 1.58. The average Bonchev–Trinajstić information content (AvgIpc) is 2.47. The van der Waals surface area contributed by atoms with Crippen LogP contribution in [0.3, 0.4) is 0 Å². The fourth-order valence-corrected chi connectivity index (χ4v) is 1.87. The Labute approximate surface area is 132 Å². The number of benzene rings is 1. The van der Waals surface area contributed by atoms with Gasteiger partial charge < -0.3 is 9.64 Å². The van der Waals surface area contributed by atoms with Crippen LogP contribution < -0.4 is 4.74 Å². The van der Waals surface area contributed by atoms with Crippen LogP contribution in [0.5, 0.6) is 5.75 Å². The molecule has 2 aromatic rings. The fraction of sp³-hybridized carbons (Fsp3) is 0.214. The maximum Gasteiger partial charge on any atom is 0.274 e. The zero-order valence-corrected chi connectivity index (χ0v) is 12.8. The molecule has 0 radical (unpaired) electrons. The number of nitrogens with zero attached hydrogens (tertiary/aromatic N) is 3. The molecule has 0 saturated carbocycles. The van der Waals surface area contributed by atoms with Crippen molar-refractivity contribution in [3.05, 3.63) is 52.3 Å². The molecule has 7 heteroatoms. The first-order valence-electron chi connectivity index (χ1n) is 6.19.